The second-order valence-electron chi connectivity index (χ2n) is 8.44. The molecule has 0 aromatic heterocycles. The summed E-state index contributed by atoms with van der Waals surface area (Å²) >= 11 is 0. The van der Waals surface area contributed by atoms with Crippen molar-refractivity contribution in [1.29, 1.82) is 0 Å². The summed E-state index contributed by atoms with van der Waals surface area (Å²) in [6, 6.07) is -0.625. The fourth-order valence-corrected chi connectivity index (χ4v) is 4.57. The first-order chi connectivity index (χ1) is 12.5. The summed E-state index contributed by atoms with van der Waals surface area (Å²) in [6.45, 7) is 5.59. The smallest absolute Gasteiger partial charge is 0.245 e. The number of hydrogen-bond acceptors (Lipinski definition) is 3. The molecule has 1 aliphatic carbocycles. The zero-order valence-corrected chi connectivity index (χ0v) is 16.2. The Bertz CT molecular complexity index is 550. The maximum Gasteiger partial charge on any atom is 0.245 e. The van der Waals surface area contributed by atoms with Crippen molar-refractivity contribution in [2.45, 2.75) is 71.3 Å². The van der Waals surface area contributed by atoms with Gasteiger partial charge in [0.25, 0.3) is 0 Å². The molecule has 3 unspecified atom stereocenters. The Balaban J connectivity index is 1.82. The third kappa shape index (κ3) is 3.86. The van der Waals surface area contributed by atoms with E-state index in [1.165, 1.54) is 11.3 Å². The van der Waals surface area contributed by atoms with E-state index in [4.69, 9.17) is 0 Å². The molecule has 0 radical (unpaired) electrons. The third-order valence-electron chi connectivity index (χ3n) is 6.00. The highest BCUT2D eigenvalue weighted by molar-refractivity contribution is 6.08. The van der Waals surface area contributed by atoms with Crippen LogP contribution in [0.2, 0.25) is 0 Å². The average molecular weight is 360 g/mol. The zero-order valence-electron chi connectivity index (χ0n) is 16.2. The van der Waals surface area contributed by atoms with Crippen LogP contribution in [-0.4, -0.2) is 46.7 Å². The second-order valence-corrected chi connectivity index (χ2v) is 8.44. The molecule has 2 fully saturated rings. The first-order valence-corrected chi connectivity index (χ1v) is 10.3. The largest absolute Gasteiger partial charge is 0.341 e. The van der Waals surface area contributed by atoms with Crippen LogP contribution in [-0.2, 0) is 14.4 Å². The minimum atomic E-state index is -0.625. The number of carbonyl (C=O) groups excluding carboxylic acids is 3. The Kier molecular flexibility index (Phi) is 6.15. The predicted octanol–water partition coefficient (Wildman–Crippen LogP) is 3.15. The lowest BCUT2D eigenvalue weighted by atomic mass is 9.85. The van der Waals surface area contributed by atoms with E-state index in [-0.39, 0.29) is 35.5 Å². The van der Waals surface area contributed by atoms with E-state index < -0.39 is 6.04 Å². The molecule has 0 bridgehead atoms. The number of allylic oxidation sites excluding steroid dienone is 2. The minimum Gasteiger partial charge on any atom is -0.341 e. The maximum atomic E-state index is 13.3. The Labute approximate surface area is 156 Å². The lowest BCUT2D eigenvalue weighted by Gasteiger charge is -2.33. The average Bonchev–Trinajstić information content (AvgIpc) is 2.83. The lowest BCUT2D eigenvalue weighted by molar-refractivity contribution is -0.152. The van der Waals surface area contributed by atoms with Gasteiger partial charge in [0.1, 0.15) is 6.04 Å². The van der Waals surface area contributed by atoms with Gasteiger partial charge >= 0.3 is 0 Å². The van der Waals surface area contributed by atoms with Gasteiger partial charge in [-0.05, 0) is 38.0 Å². The van der Waals surface area contributed by atoms with E-state index in [2.05, 4.69) is 0 Å². The minimum absolute atomic E-state index is 0.0195. The molecule has 2 saturated heterocycles. The van der Waals surface area contributed by atoms with Crippen LogP contribution in [0.4, 0.5) is 0 Å². The zero-order chi connectivity index (χ0) is 18.7. The van der Waals surface area contributed by atoms with Crippen molar-refractivity contribution in [2.24, 2.45) is 17.8 Å². The molecular formula is C21H32N2O3. The van der Waals surface area contributed by atoms with E-state index in [1.807, 2.05) is 30.9 Å². The molecular weight excluding hydrogens is 328 g/mol. The molecule has 3 aliphatic rings. The van der Waals surface area contributed by atoms with E-state index in [0.717, 1.165) is 38.8 Å². The monoisotopic (exact) mass is 360 g/mol. The van der Waals surface area contributed by atoms with E-state index in [1.54, 1.807) is 0 Å². The Morgan fingerprint density at radius 3 is 1.96 bits per heavy atom. The van der Waals surface area contributed by atoms with Crippen LogP contribution < -0.4 is 0 Å². The van der Waals surface area contributed by atoms with Gasteiger partial charge in [-0.3, -0.25) is 19.3 Å². The van der Waals surface area contributed by atoms with Gasteiger partial charge in [-0.2, -0.15) is 0 Å². The summed E-state index contributed by atoms with van der Waals surface area (Å²) in [4.78, 5) is 42.6. The number of carbonyl (C=O) groups is 3. The Hall–Kier alpha value is -1.65. The summed E-state index contributed by atoms with van der Waals surface area (Å²) in [5, 5.41) is 0. The molecule has 0 N–H and O–H groups in total. The molecule has 2 aliphatic heterocycles. The third-order valence-corrected chi connectivity index (χ3v) is 6.00. The highest BCUT2D eigenvalue weighted by atomic mass is 16.2. The van der Waals surface area contributed by atoms with Gasteiger partial charge in [0, 0.05) is 13.1 Å². The predicted molar refractivity (Wildman–Crippen MR) is 100 cm³/mol. The van der Waals surface area contributed by atoms with Gasteiger partial charge in [0.2, 0.25) is 17.7 Å². The SMILES string of the molecule is CC(C)CC(C(=O)N1CCCCCCC1)N1C(=O)C2CC=CCC2C1=O. The fourth-order valence-electron chi connectivity index (χ4n) is 4.57. The normalized spacial score (nSPS) is 28.1. The fraction of sp³-hybridized carbons (Fsp3) is 0.762. The number of amides is 3. The molecule has 144 valence electrons. The van der Waals surface area contributed by atoms with Gasteiger partial charge in [-0.15, -0.1) is 0 Å². The van der Waals surface area contributed by atoms with Crippen molar-refractivity contribution >= 4 is 17.7 Å². The van der Waals surface area contributed by atoms with Crippen molar-refractivity contribution in [1.82, 2.24) is 9.80 Å². The first kappa shape index (κ1) is 19.1. The lowest BCUT2D eigenvalue weighted by Crippen LogP contribution is -2.52. The van der Waals surface area contributed by atoms with Crippen molar-refractivity contribution in [2.75, 3.05) is 13.1 Å². The van der Waals surface area contributed by atoms with Crippen molar-refractivity contribution in [3.8, 4) is 0 Å². The Morgan fingerprint density at radius 2 is 1.46 bits per heavy atom. The molecule has 0 aromatic rings. The van der Waals surface area contributed by atoms with E-state index >= 15 is 0 Å². The van der Waals surface area contributed by atoms with Crippen LogP contribution >= 0.6 is 0 Å². The maximum absolute atomic E-state index is 13.3. The summed E-state index contributed by atoms with van der Waals surface area (Å²) in [7, 11) is 0. The van der Waals surface area contributed by atoms with Gasteiger partial charge in [-0.25, -0.2) is 0 Å². The van der Waals surface area contributed by atoms with Crippen LogP contribution in [0, 0.1) is 17.8 Å². The standard InChI is InChI=1S/C21H32N2O3/c1-15(2)14-18(21(26)22-12-8-4-3-5-9-13-22)23-19(24)16-10-6-7-11-17(16)20(23)25/h6-7,15-18H,3-5,8-14H2,1-2H3. The summed E-state index contributed by atoms with van der Waals surface area (Å²) < 4.78 is 0. The van der Waals surface area contributed by atoms with E-state index in [9.17, 15) is 14.4 Å². The highest BCUT2D eigenvalue weighted by Crippen LogP contribution is 2.37. The summed E-state index contributed by atoms with van der Waals surface area (Å²) in [5.74, 6) is -0.552. The molecule has 3 atom stereocenters. The molecule has 2 heterocycles. The number of hydrogen-bond donors (Lipinski definition) is 0. The van der Waals surface area contributed by atoms with Gasteiger partial charge < -0.3 is 4.90 Å². The Morgan fingerprint density at radius 1 is 0.962 bits per heavy atom. The molecule has 5 nitrogen and oxygen atoms in total. The number of rotatable bonds is 4. The van der Waals surface area contributed by atoms with Crippen molar-refractivity contribution in [3.05, 3.63) is 12.2 Å². The molecule has 3 amide bonds. The molecule has 3 rings (SSSR count). The topological polar surface area (TPSA) is 57.7 Å². The molecule has 0 aromatic carbocycles. The molecule has 0 saturated carbocycles. The van der Waals surface area contributed by atoms with Gasteiger partial charge in [-0.1, -0.05) is 45.3 Å². The van der Waals surface area contributed by atoms with Gasteiger partial charge in [0.05, 0.1) is 11.8 Å². The molecule has 0 spiro atoms. The van der Waals surface area contributed by atoms with Crippen molar-refractivity contribution in [3.63, 3.8) is 0 Å². The number of fused-ring (bicyclic) bond motifs is 1. The van der Waals surface area contributed by atoms with Crippen LogP contribution in [0.5, 0.6) is 0 Å². The van der Waals surface area contributed by atoms with Crippen LogP contribution in [0.25, 0.3) is 0 Å². The van der Waals surface area contributed by atoms with Crippen LogP contribution in [0.3, 0.4) is 0 Å². The summed E-state index contributed by atoms with van der Waals surface area (Å²) in [6.07, 6.45) is 11.3. The first-order valence-electron chi connectivity index (χ1n) is 10.3. The second kappa shape index (κ2) is 8.36. The number of nitrogens with zero attached hydrogens (tertiary/aromatic N) is 2. The number of likely N-dealkylation sites (tertiary alicyclic amines) is 2. The molecule has 5 heteroatoms. The summed E-state index contributed by atoms with van der Waals surface area (Å²) in [5.41, 5.74) is 0. The number of imide groups is 1. The quantitative estimate of drug-likeness (QED) is 0.572. The highest BCUT2D eigenvalue weighted by Gasteiger charge is 2.51. The van der Waals surface area contributed by atoms with Crippen molar-refractivity contribution < 1.29 is 14.4 Å². The molecule has 26 heavy (non-hydrogen) atoms. The van der Waals surface area contributed by atoms with E-state index in [0.29, 0.717) is 19.3 Å². The van der Waals surface area contributed by atoms with Crippen LogP contribution in [0.15, 0.2) is 12.2 Å². The van der Waals surface area contributed by atoms with Crippen LogP contribution in [0.1, 0.15) is 65.2 Å². The van der Waals surface area contributed by atoms with Gasteiger partial charge in [0.15, 0.2) is 0 Å².